The van der Waals surface area contributed by atoms with Crippen molar-refractivity contribution < 1.29 is 9.47 Å². The molecular weight excluding hydrogens is 322 g/mol. The van der Waals surface area contributed by atoms with Crippen LogP contribution < -0.4 is 20.9 Å². The molecule has 0 unspecified atom stereocenters. The van der Waals surface area contributed by atoms with Gasteiger partial charge in [0, 0.05) is 42.0 Å². The number of rotatable bonds is 6. The lowest BCUT2D eigenvalue weighted by atomic mass is 9.58. The number of likely N-dealkylation sites (tertiary alicyclic amines) is 1. The van der Waals surface area contributed by atoms with E-state index in [1.54, 1.807) is 26.5 Å². The van der Waals surface area contributed by atoms with Gasteiger partial charge in [0.15, 0.2) is 11.5 Å². The minimum Gasteiger partial charge on any atom is -0.493 e. The third-order valence-electron chi connectivity index (χ3n) is 5.23. The molecule has 6 heteroatoms. The number of ether oxygens (including phenoxy) is 2. The molecule has 0 aromatic heterocycles. The molecule has 1 spiro atoms. The fraction of sp³-hybridized carbons (Fsp3) is 0.556. The molecule has 2 aliphatic rings. The van der Waals surface area contributed by atoms with Crippen LogP contribution in [-0.4, -0.2) is 44.2 Å². The SMILES string of the molecule is COc1cc(N)c(/C(=C\N)N2CC3(CC(CSC)C3)C2)cc1OC. The molecule has 0 atom stereocenters. The topological polar surface area (TPSA) is 73.7 Å². The van der Waals surface area contributed by atoms with Crippen LogP contribution in [0.3, 0.4) is 0 Å². The molecule has 1 saturated carbocycles. The third-order valence-corrected chi connectivity index (χ3v) is 6.03. The molecule has 0 bridgehead atoms. The van der Waals surface area contributed by atoms with E-state index in [2.05, 4.69) is 11.2 Å². The highest BCUT2D eigenvalue weighted by atomic mass is 32.2. The Bertz CT molecular complexity index is 633. The minimum absolute atomic E-state index is 0.500. The fourth-order valence-electron chi connectivity index (χ4n) is 4.19. The zero-order valence-corrected chi connectivity index (χ0v) is 15.5. The van der Waals surface area contributed by atoms with Gasteiger partial charge in [0.1, 0.15) is 0 Å². The molecule has 2 fully saturated rings. The molecule has 1 saturated heterocycles. The number of hydrogen-bond acceptors (Lipinski definition) is 6. The van der Waals surface area contributed by atoms with Crippen molar-refractivity contribution in [2.75, 3.05) is 45.1 Å². The van der Waals surface area contributed by atoms with Crippen LogP contribution in [0.4, 0.5) is 5.69 Å². The second kappa shape index (κ2) is 6.67. The van der Waals surface area contributed by atoms with Crippen molar-refractivity contribution in [3.63, 3.8) is 0 Å². The van der Waals surface area contributed by atoms with Crippen molar-refractivity contribution in [1.29, 1.82) is 0 Å². The molecular formula is C18H27N3O2S. The summed E-state index contributed by atoms with van der Waals surface area (Å²) in [5.74, 6) is 3.47. The Balaban J connectivity index is 1.73. The number of methoxy groups -OCH3 is 2. The predicted molar refractivity (Wildman–Crippen MR) is 101 cm³/mol. The van der Waals surface area contributed by atoms with E-state index in [1.165, 1.54) is 18.6 Å². The molecule has 1 heterocycles. The lowest BCUT2D eigenvalue weighted by molar-refractivity contribution is -0.0573. The van der Waals surface area contributed by atoms with Gasteiger partial charge in [-0.2, -0.15) is 11.8 Å². The number of hydrogen-bond donors (Lipinski definition) is 2. The van der Waals surface area contributed by atoms with E-state index in [-0.39, 0.29) is 0 Å². The molecule has 0 radical (unpaired) electrons. The Kier molecular flexibility index (Phi) is 4.76. The largest absolute Gasteiger partial charge is 0.493 e. The molecule has 3 rings (SSSR count). The average Bonchev–Trinajstić information content (AvgIpc) is 2.51. The molecule has 1 aliphatic heterocycles. The van der Waals surface area contributed by atoms with Gasteiger partial charge in [-0.1, -0.05) is 0 Å². The molecule has 0 amide bonds. The Morgan fingerprint density at radius 3 is 2.46 bits per heavy atom. The van der Waals surface area contributed by atoms with Crippen molar-refractivity contribution in [3.8, 4) is 11.5 Å². The van der Waals surface area contributed by atoms with Gasteiger partial charge in [-0.25, -0.2) is 0 Å². The van der Waals surface area contributed by atoms with Gasteiger partial charge in [0.2, 0.25) is 0 Å². The first kappa shape index (κ1) is 17.1. The summed E-state index contributed by atoms with van der Waals surface area (Å²) < 4.78 is 10.7. The number of nitrogen functional groups attached to an aromatic ring is 1. The number of anilines is 1. The quantitative estimate of drug-likeness (QED) is 0.769. The standard InChI is InChI=1S/C18H27N3O2S/c1-22-16-4-13(14(20)5-17(16)23-2)15(8-19)21-10-18(11-21)6-12(7-18)9-24-3/h4-5,8,12H,6-7,9-11,19-20H2,1-3H3/b15-8+. The van der Waals surface area contributed by atoms with E-state index in [4.69, 9.17) is 20.9 Å². The summed E-state index contributed by atoms with van der Waals surface area (Å²) in [6.45, 7) is 2.13. The van der Waals surface area contributed by atoms with Gasteiger partial charge in [0.25, 0.3) is 0 Å². The van der Waals surface area contributed by atoms with Crippen LogP contribution in [0.5, 0.6) is 11.5 Å². The lowest BCUT2D eigenvalue weighted by Crippen LogP contribution is -2.61. The van der Waals surface area contributed by atoms with Gasteiger partial charge in [-0.3, -0.25) is 0 Å². The summed E-state index contributed by atoms with van der Waals surface area (Å²) in [5.41, 5.74) is 15.2. The fourth-order valence-corrected chi connectivity index (χ4v) is 4.90. The first-order valence-electron chi connectivity index (χ1n) is 8.23. The van der Waals surface area contributed by atoms with Crippen molar-refractivity contribution >= 4 is 23.1 Å². The zero-order valence-electron chi connectivity index (χ0n) is 14.7. The Morgan fingerprint density at radius 2 is 1.92 bits per heavy atom. The average molecular weight is 350 g/mol. The third kappa shape index (κ3) is 2.88. The van der Waals surface area contributed by atoms with Crippen molar-refractivity contribution in [1.82, 2.24) is 4.90 Å². The summed E-state index contributed by atoms with van der Waals surface area (Å²) in [6, 6.07) is 3.71. The van der Waals surface area contributed by atoms with Crippen LogP contribution in [0.15, 0.2) is 18.3 Å². The highest BCUT2D eigenvalue weighted by Crippen LogP contribution is 2.54. The maximum absolute atomic E-state index is 6.23. The van der Waals surface area contributed by atoms with Crippen LogP contribution in [0.1, 0.15) is 18.4 Å². The number of nitrogens with zero attached hydrogens (tertiary/aromatic N) is 1. The normalized spacial score (nSPS) is 19.8. The minimum atomic E-state index is 0.500. The van der Waals surface area contributed by atoms with E-state index in [0.29, 0.717) is 22.6 Å². The Morgan fingerprint density at radius 1 is 1.29 bits per heavy atom. The van der Waals surface area contributed by atoms with E-state index in [0.717, 1.165) is 30.3 Å². The summed E-state index contributed by atoms with van der Waals surface area (Å²) in [7, 11) is 3.24. The molecule has 4 N–H and O–H groups in total. The van der Waals surface area contributed by atoms with Gasteiger partial charge >= 0.3 is 0 Å². The van der Waals surface area contributed by atoms with Crippen LogP contribution >= 0.6 is 11.8 Å². The predicted octanol–water partition coefficient (Wildman–Crippen LogP) is 2.62. The molecule has 1 aromatic rings. The summed E-state index contributed by atoms with van der Waals surface area (Å²) in [4.78, 5) is 2.33. The second-order valence-electron chi connectivity index (χ2n) is 6.93. The number of nitrogens with two attached hydrogens (primary N) is 2. The molecule has 1 aliphatic carbocycles. The molecule has 5 nitrogen and oxygen atoms in total. The highest BCUT2D eigenvalue weighted by Gasteiger charge is 2.52. The van der Waals surface area contributed by atoms with Crippen LogP contribution in [0, 0.1) is 11.3 Å². The molecule has 1 aromatic carbocycles. The van der Waals surface area contributed by atoms with Gasteiger partial charge in [-0.05, 0) is 36.8 Å². The summed E-state index contributed by atoms with van der Waals surface area (Å²) in [5, 5.41) is 0. The first-order valence-corrected chi connectivity index (χ1v) is 9.63. The highest BCUT2D eigenvalue weighted by molar-refractivity contribution is 7.98. The zero-order chi connectivity index (χ0) is 17.3. The maximum atomic E-state index is 6.23. The van der Waals surface area contributed by atoms with Crippen molar-refractivity contribution in [3.05, 3.63) is 23.9 Å². The number of thioether (sulfide) groups is 1. The monoisotopic (exact) mass is 349 g/mol. The van der Waals surface area contributed by atoms with E-state index in [9.17, 15) is 0 Å². The maximum Gasteiger partial charge on any atom is 0.162 e. The van der Waals surface area contributed by atoms with Crippen LogP contribution in [0.2, 0.25) is 0 Å². The Labute approximate surface area is 148 Å². The van der Waals surface area contributed by atoms with E-state index >= 15 is 0 Å². The van der Waals surface area contributed by atoms with Crippen molar-refractivity contribution in [2.24, 2.45) is 17.1 Å². The van der Waals surface area contributed by atoms with Crippen LogP contribution in [0.25, 0.3) is 5.70 Å². The van der Waals surface area contributed by atoms with Crippen LogP contribution in [-0.2, 0) is 0 Å². The molecule has 24 heavy (non-hydrogen) atoms. The van der Waals surface area contributed by atoms with Gasteiger partial charge in [0.05, 0.1) is 19.9 Å². The first-order chi connectivity index (χ1) is 11.6. The number of benzene rings is 1. The van der Waals surface area contributed by atoms with Crippen molar-refractivity contribution in [2.45, 2.75) is 12.8 Å². The second-order valence-corrected chi connectivity index (χ2v) is 7.84. The van der Waals surface area contributed by atoms with Gasteiger partial charge in [-0.15, -0.1) is 0 Å². The lowest BCUT2D eigenvalue weighted by Gasteiger charge is -2.60. The van der Waals surface area contributed by atoms with E-state index < -0.39 is 0 Å². The summed E-state index contributed by atoms with van der Waals surface area (Å²) >= 11 is 1.95. The summed E-state index contributed by atoms with van der Waals surface area (Å²) in [6.07, 6.45) is 6.52. The smallest absolute Gasteiger partial charge is 0.162 e. The van der Waals surface area contributed by atoms with Gasteiger partial charge < -0.3 is 25.8 Å². The van der Waals surface area contributed by atoms with E-state index in [1.807, 2.05) is 17.8 Å². The molecule has 132 valence electrons. The Hall–Kier alpha value is -1.69.